The van der Waals surface area contributed by atoms with Crippen molar-refractivity contribution in [2.24, 2.45) is 5.73 Å². The van der Waals surface area contributed by atoms with Gasteiger partial charge < -0.3 is 10.7 Å². The fraction of sp³-hybridized carbons (Fsp3) is 0.0714. The molecule has 1 aromatic heterocycles. The second-order valence-corrected chi connectivity index (χ2v) is 5.49. The van der Waals surface area contributed by atoms with E-state index in [2.05, 4.69) is 25.9 Å². The van der Waals surface area contributed by atoms with Crippen LogP contribution >= 0.6 is 27.5 Å². The van der Waals surface area contributed by atoms with Crippen molar-refractivity contribution in [1.29, 1.82) is 0 Å². The summed E-state index contributed by atoms with van der Waals surface area (Å²) in [6.07, 6.45) is 0. The molecule has 0 spiro atoms. The van der Waals surface area contributed by atoms with Crippen LogP contribution in [0.3, 0.4) is 0 Å². The molecule has 0 bridgehead atoms. The molecule has 3 nitrogen and oxygen atoms in total. The monoisotopic (exact) mass is 335 g/mol. The van der Waals surface area contributed by atoms with Crippen LogP contribution in [0.4, 0.5) is 0 Å². The molecule has 1 heterocycles. The molecule has 0 saturated heterocycles. The number of nitrogens with zero attached hydrogens (tertiary/aromatic N) is 1. The molecule has 0 aliphatic carbocycles. The summed E-state index contributed by atoms with van der Waals surface area (Å²) in [6, 6.07) is 11.7. The molecule has 19 heavy (non-hydrogen) atoms. The van der Waals surface area contributed by atoms with Crippen molar-refractivity contribution in [2.75, 3.05) is 0 Å². The summed E-state index contributed by atoms with van der Waals surface area (Å²) in [5, 5.41) is 0.664. The average molecular weight is 337 g/mol. The van der Waals surface area contributed by atoms with E-state index < -0.39 is 0 Å². The van der Waals surface area contributed by atoms with E-state index in [9.17, 15) is 0 Å². The number of fused-ring (bicyclic) bond motifs is 1. The fourth-order valence-corrected chi connectivity index (χ4v) is 2.46. The van der Waals surface area contributed by atoms with Crippen molar-refractivity contribution >= 4 is 38.6 Å². The maximum absolute atomic E-state index is 6.11. The van der Waals surface area contributed by atoms with Gasteiger partial charge in [0.1, 0.15) is 5.82 Å². The number of aromatic nitrogens is 2. The summed E-state index contributed by atoms with van der Waals surface area (Å²) in [5.41, 5.74) is 9.61. The first-order valence-electron chi connectivity index (χ1n) is 5.82. The van der Waals surface area contributed by atoms with Crippen LogP contribution in [0.1, 0.15) is 5.56 Å². The number of halogens is 2. The zero-order valence-electron chi connectivity index (χ0n) is 9.95. The lowest BCUT2D eigenvalue weighted by atomic mass is 10.2. The van der Waals surface area contributed by atoms with Crippen LogP contribution in [-0.4, -0.2) is 9.97 Å². The SMILES string of the molecule is NCc1cccc2[nH]c(-c3ccc(Br)c(Cl)c3)nc12. The number of para-hydroxylation sites is 1. The highest BCUT2D eigenvalue weighted by atomic mass is 79.9. The molecule has 3 rings (SSSR count). The molecule has 96 valence electrons. The molecule has 0 radical (unpaired) electrons. The predicted molar refractivity (Wildman–Crippen MR) is 82.1 cm³/mol. The normalized spacial score (nSPS) is 11.1. The molecule has 3 aromatic rings. The summed E-state index contributed by atoms with van der Waals surface area (Å²) in [5.74, 6) is 0.797. The first kappa shape index (κ1) is 12.7. The van der Waals surface area contributed by atoms with Crippen LogP contribution in [0.25, 0.3) is 22.4 Å². The Kier molecular flexibility index (Phi) is 3.31. The lowest BCUT2D eigenvalue weighted by Crippen LogP contribution is -1.96. The highest BCUT2D eigenvalue weighted by Gasteiger charge is 2.09. The van der Waals surface area contributed by atoms with E-state index in [0.717, 1.165) is 32.5 Å². The number of H-pyrrole nitrogens is 1. The van der Waals surface area contributed by atoms with Crippen molar-refractivity contribution in [3.05, 3.63) is 51.5 Å². The second-order valence-electron chi connectivity index (χ2n) is 4.23. The molecule has 0 unspecified atom stereocenters. The largest absolute Gasteiger partial charge is 0.338 e. The first-order chi connectivity index (χ1) is 9.19. The van der Waals surface area contributed by atoms with E-state index in [1.807, 2.05) is 36.4 Å². The zero-order valence-corrected chi connectivity index (χ0v) is 12.3. The molecule has 3 N–H and O–H groups in total. The van der Waals surface area contributed by atoms with Crippen LogP contribution in [0.2, 0.25) is 5.02 Å². The molecular weight excluding hydrogens is 326 g/mol. The van der Waals surface area contributed by atoms with E-state index in [4.69, 9.17) is 17.3 Å². The van der Waals surface area contributed by atoms with Crippen LogP contribution < -0.4 is 5.73 Å². The van der Waals surface area contributed by atoms with Gasteiger partial charge in [0.15, 0.2) is 0 Å². The minimum Gasteiger partial charge on any atom is -0.338 e. The molecule has 0 saturated carbocycles. The second kappa shape index (κ2) is 4.96. The van der Waals surface area contributed by atoms with Gasteiger partial charge in [-0.2, -0.15) is 0 Å². The zero-order chi connectivity index (χ0) is 13.4. The highest BCUT2D eigenvalue weighted by Crippen LogP contribution is 2.29. The number of aromatic amines is 1. The summed E-state index contributed by atoms with van der Waals surface area (Å²) in [4.78, 5) is 7.91. The third-order valence-electron chi connectivity index (χ3n) is 3.01. The molecule has 2 aromatic carbocycles. The van der Waals surface area contributed by atoms with E-state index in [1.54, 1.807) is 0 Å². The van der Waals surface area contributed by atoms with Gasteiger partial charge in [0.25, 0.3) is 0 Å². The van der Waals surface area contributed by atoms with Gasteiger partial charge in [-0.1, -0.05) is 29.8 Å². The first-order valence-corrected chi connectivity index (χ1v) is 6.99. The standard InChI is InChI=1S/C14H11BrClN3/c15-10-5-4-8(6-11(10)16)14-18-12-3-1-2-9(7-17)13(12)19-14/h1-6H,7,17H2,(H,18,19). The maximum atomic E-state index is 6.11. The van der Waals surface area contributed by atoms with E-state index in [1.165, 1.54) is 0 Å². The van der Waals surface area contributed by atoms with Gasteiger partial charge in [-0.3, -0.25) is 0 Å². The summed E-state index contributed by atoms with van der Waals surface area (Å²) in [6.45, 7) is 0.475. The van der Waals surface area contributed by atoms with Crippen LogP contribution in [0.5, 0.6) is 0 Å². The molecule has 0 atom stereocenters. The number of imidazole rings is 1. The highest BCUT2D eigenvalue weighted by molar-refractivity contribution is 9.10. The summed E-state index contributed by atoms with van der Waals surface area (Å²) < 4.78 is 0.872. The van der Waals surface area contributed by atoms with Crippen LogP contribution in [0, 0.1) is 0 Å². The Morgan fingerprint density at radius 3 is 2.84 bits per heavy atom. The number of nitrogens with one attached hydrogen (secondary N) is 1. The molecule has 5 heteroatoms. The van der Waals surface area contributed by atoms with Crippen LogP contribution in [-0.2, 0) is 6.54 Å². The van der Waals surface area contributed by atoms with E-state index >= 15 is 0 Å². The molecule has 0 aliphatic heterocycles. The third kappa shape index (κ3) is 2.27. The number of benzene rings is 2. The minimum atomic E-state index is 0.475. The molecule has 0 fully saturated rings. The van der Waals surface area contributed by atoms with E-state index in [0.29, 0.717) is 11.6 Å². The Bertz CT molecular complexity index is 752. The van der Waals surface area contributed by atoms with Gasteiger partial charge in [0, 0.05) is 16.6 Å². The van der Waals surface area contributed by atoms with Crippen molar-refractivity contribution in [2.45, 2.75) is 6.54 Å². The number of hydrogen-bond donors (Lipinski definition) is 2. The number of hydrogen-bond acceptors (Lipinski definition) is 2. The lowest BCUT2D eigenvalue weighted by Gasteiger charge is -1.99. The van der Waals surface area contributed by atoms with E-state index in [-0.39, 0.29) is 0 Å². The Morgan fingerprint density at radius 2 is 2.11 bits per heavy atom. The van der Waals surface area contributed by atoms with Gasteiger partial charge in [0.05, 0.1) is 16.1 Å². The lowest BCUT2D eigenvalue weighted by molar-refractivity contribution is 1.08. The smallest absolute Gasteiger partial charge is 0.138 e. The minimum absolute atomic E-state index is 0.475. The van der Waals surface area contributed by atoms with Gasteiger partial charge in [-0.25, -0.2) is 4.98 Å². The topological polar surface area (TPSA) is 54.7 Å². The fourth-order valence-electron chi connectivity index (χ4n) is 2.04. The maximum Gasteiger partial charge on any atom is 0.138 e. The summed E-state index contributed by atoms with van der Waals surface area (Å²) in [7, 11) is 0. The van der Waals surface area contributed by atoms with Gasteiger partial charge >= 0.3 is 0 Å². The average Bonchev–Trinajstić information content (AvgIpc) is 2.85. The van der Waals surface area contributed by atoms with Crippen LogP contribution in [0.15, 0.2) is 40.9 Å². The van der Waals surface area contributed by atoms with Gasteiger partial charge in [-0.05, 0) is 39.7 Å². The van der Waals surface area contributed by atoms with Gasteiger partial charge in [0.2, 0.25) is 0 Å². The predicted octanol–water partition coefficient (Wildman–Crippen LogP) is 4.10. The molecule has 0 amide bonds. The van der Waals surface area contributed by atoms with Crippen molar-refractivity contribution in [1.82, 2.24) is 9.97 Å². The summed E-state index contributed by atoms with van der Waals surface area (Å²) >= 11 is 9.49. The quantitative estimate of drug-likeness (QED) is 0.740. The number of rotatable bonds is 2. The Morgan fingerprint density at radius 1 is 1.26 bits per heavy atom. The molecule has 0 aliphatic rings. The molecular formula is C14H11BrClN3. The Hall–Kier alpha value is -1.36. The van der Waals surface area contributed by atoms with Crippen molar-refractivity contribution in [3.63, 3.8) is 0 Å². The van der Waals surface area contributed by atoms with Crippen molar-refractivity contribution in [3.8, 4) is 11.4 Å². The van der Waals surface area contributed by atoms with Gasteiger partial charge in [-0.15, -0.1) is 0 Å². The number of nitrogens with two attached hydrogens (primary N) is 1. The van der Waals surface area contributed by atoms with Crippen molar-refractivity contribution < 1.29 is 0 Å². The Labute approximate surface area is 123 Å². The third-order valence-corrected chi connectivity index (χ3v) is 4.24. The Balaban J connectivity index is 2.17.